The summed E-state index contributed by atoms with van der Waals surface area (Å²) in [6.07, 6.45) is 3.96. The molecule has 4 atom stereocenters. The molecular weight excluding hydrogens is 500 g/mol. The summed E-state index contributed by atoms with van der Waals surface area (Å²) in [7, 11) is 0. The predicted molar refractivity (Wildman–Crippen MR) is 175 cm³/mol. The molecule has 40 heavy (non-hydrogen) atoms. The van der Waals surface area contributed by atoms with Crippen LogP contribution in [0, 0.1) is 17.8 Å². The number of nitrogens with two attached hydrogens (primary N) is 1. The van der Waals surface area contributed by atoms with E-state index in [1.165, 1.54) is 0 Å². The van der Waals surface area contributed by atoms with Crippen molar-refractivity contribution in [3.05, 3.63) is 35.4 Å². The average molecular weight is 567 g/mol. The minimum absolute atomic E-state index is 0. The van der Waals surface area contributed by atoms with Gasteiger partial charge in [0, 0.05) is 48.8 Å². The Hall–Kier alpha value is -2.41. The second-order valence-corrected chi connectivity index (χ2v) is 10.6. The topological polar surface area (TPSA) is 105 Å². The number of nitrogens with one attached hydrogen (secondary N) is 2. The van der Waals surface area contributed by atoms with E-state index in [1.54, 1.807) is 24.3 Å². The zero-order valence-corrected chi connectivity index (χ0v) is 23.6. The number of rotatable bonds is 16. The Morgan fingerprint density at radius 1 is 0.875 bits per heavy atom. The van der Waals surface area contributed by atoms with Crippen molar-refractivity contribution in [3.63, 3.8) is 0 Å². The highest BCUT2D eigenvalue weighted by Crippen LogP contribution is 2.16. The van der Waals surface area contributed by atoms with Crippen LogP contribution in [-0.2, 0) is 4.79 Å². The largest absolute Gasteiger partial charge is 0.356 e. The Morgan fingerprint density at radius 2 is 1.43 bits per heavy atom. The lowest BCUT2D eigenvalue weighted by molar-refractivity contribution is -0.125. The first-order chi connectivity index (χ1) is 17.0. The van der Waals surface area contributed by atoms with Crippen LogP contribution < -0.4 is 16.4 Å². The highest BCUT2D eigenvalue weighted by Gasteiger charge is 2.26. The maximum absolute atomic E-state index is 13.2. The Kier molecular flexibility index (Phi) is 26.0. The van der Waals surface area contributed by atoms with Crippen molar-refractivity contribution in [1.82, 2.24) is 15.5 Å². The highest BCUT2D eigenvalue weighted by atomic mass is 16.2. The molecule has 0 spiro atoms. The van der Waals surface area contributed by atoms with Gasteiger partial charge in [0.15, 0.2) is 0 Å². The summed E-state index contributed by atoms with van der Waals surface area (Å²) in [4.78, 5) is 40.6. The molecule has 0 heterocycles. The van der Waals surface area contributed by atoms with E-state index in [-0.39, 0.29) is 65.4 Å². The predicted octanol–water partition coefficient (Wildman–Crippen LogP) is 7.15. The molecule has 0 unspecified atom stereocenters. The molecule has 7 nitrogen and oxygen atoms in total. The molecule has 1 aromatic carbocycles. The van der Waals surface area contributed by atoms with Gasteiger partial charge in [-0.25, -0.2) is 0 Å². The molecule has 0 aliphatic carbocycles. The van der Waals surface area contributed by atoms with Gasteiger partial charge in [-0.15, -0.1) is 0 Å². The molecule has 0 bridgehead atoms. The fraction of sp³-hybridized carbons (Fsp3) is 0.727. The Labute approximate surface area is 248 Å². The molecular formula is C33H66N4O3. The number of amides is 3. The number of nitrogens with zero attached hydrogens (tertiary/aromatic N) is 1. The van der Waals surface area contributed by atoms with Crippen LogP contribution in [0.3, 0.4) is 0 Å². The van der Waals surface area contributed by atoms with Gasteiger partial charge in [0.05, 0.1) is 0 Å². The van der Waals surface area contributed by atoms with Crippen LogP contribution in [0.1, 0.15) is 131 Å². The summed E-state index contributed by atoms with van der Waals surface area (Å²) in [6, 6.07) is 6.25. The van der Waals surface area contributed by atoms with E-state index in [2.05, 4.69) is 38.3 Å². The van der Waals surface area contributed by atoms with E-state index < -0.39 is 0 Å². The lowest BCUT2D eigenvalue weighted by Gasteiger charge is -2.28. The molecule has 3 amide bonds. The van der Waals surface area contributed by atoms with Crippen molar-refractivity contribution < 1.29 is 14.4 Å². The number of carbonyl (C=O) groups excluding carboxylic acids is 3. The molecule has 1 rings (SSSR count). The maximum Gasteiger partial charge on any atom is 0.253 e. The first-order valence-electron chi connectivity index (χ1n) is 13.8. The van der Waals surface area contributed by atoms with Gasteiger partial charge in [0.2, 0.25) is 5.91 Å². The Bertz CT molecular complexity index is 822. The first-order valence-corrected chi connectivity index (χ1v) is 13.8. The number of hydrogen-bond acceptors (Lipinski definition) is 4. The summed E-state index contributed by atoms with van der Waals surface area (Å²) in [5.41, 5.74) is 7.50. The zero-order chi connectivity index (χ0) is 27.3. The van der Waals surface area contributed by atoms with E-state index in [9.17, 15) is 14.4 Å². The molecule has 0 fully saturated rings. The minimum atomic E-state index is -0.366. The third-order valence-corrected chi connectivity index (χ3v) is 6.60. The van der Waals surface area contributed by atoms with Crippen LogP contribution >= 0.6 is 0 Å². The third kappa shape index (κ3) is 15.4. The molecule has 0 radical (unpaired) electrons. The van der Waals surface area contributed by atoms with Crippen LogP contribution in [0.2, 0.25) is 0 Å². The number of carbonyl (C=O) groups is 3. The second kappa shape index (κ2) is 23.3. The minimum Gasteiger partial charge on any atom is -0.356 e. The molecule has 0 saturated carbocycles. The van der Waals surface area contributed by atoms with E-state index in [0.717, 1.165) is 19.3 Å². The first kappa shape index (κ1) is 44.6. The highest BCUT2D eigenvalue weighted by molar-refractivity contribution is 5.99. The molecule has 0 aliphatic rings. The average Bonchev–Trinajstić information content (AvgIpc) is 2.85. The monoisotopic (exact) mass is 567 g/mol. The summed E-state index contributed by atoms with van der Waals surface area (Å²) in [5, 5.41) is 6.10. The quantitative estimate of drug-likeness (QED) is 0.197. The normalized spacial score (nSPS) is 13.1. The molecule has 7 heteroatoms. The standard InChI is InChI=1S/C29H50N4O3.4CH4/c1-8-14-33(15-9-2)29(36)24-13-11-12-23(18-24)28(35)32-26(16-20(4)5)25(30)17-22(7)27(34)31-19-21(6)10-3;;;;/h11-13,18,20-22,25-26H,8-10,14-17,19,30H2,1-7H3,(H,31,34)(H,32,35);4*1H4/t21-,22+,25-,26-;;;;/m0..../s1. The van der Waals surface area contributed by atoms with Crippen molar-refractivity contribution >= 4 is 17.7 Å². The molecule has 4 N–H and O–H groups in total. The fourth-order valence-electron chi connectivity index (χ4n) is 4.20. The van der Waals surface area contributed by atoms with Crippen molar-refractivity contribution in [2.45, 2.75) is 122 Å². The number of benzene rings is 1. The lowest BCUT2D eigenvalue weighted by atomic mass is 9.90. The van der Waals surface area contributed by atoms with Crippen molar-refractivity contribution in [1.29, 1.82) is 0 Å². The van der Waals surface area contributed by atoms with Crippen LogP contribution in [0.25, 0.3) is 0 Å². The van der Waals surface area contributed by atoms with Gasteiger partial charge < -0.3 is 21.3 Å². The Morgan fingerprint density at radius 3 is 1.93 bits per heavy atom. The maximum atomic E-state index is 13.2. The van der Waals surface area contributed by atoms with Gasteiger partial charge in [-0.3, -0.25) is 14.4 Å². The smallest absolute Gasteiger partial charge is 0.253 e. The van der Waals surface area contributed by atoms with Gasteiger partial charge in [0.1, 0.15) is 0 Å². The van der Waals surface area contributed by atoms with Gasteiger partial charge in [-0.1, -0.05) is 90.7 Å². The summed E-state index contributed by atoms with van der Waals surface area (Å²) < 4.78 is 0. The molecule has 0 saturated heterocycles. The van der Waals surface area contributed by atoms with Gasteiger partial charge in [0.25, 0.3) is 11.8 Å². The number of hydrogen-bond donors (Lipinski definition) is 3. The second-order valence-electron chi connectivity index (χ2n) is 10.6. The van der Waals surface area contributed by atoms with Gasteiger partial charge in [-0.05, 0) is 55.7 Å². The van der Waals surface area contributed by atoms with Crippen LogP contribution in [0.4, 0.5) is 0 Å². The summed E-state index contributed by atoms with van der Waals surface area (Å²) in [6.45, 7) is 16.4. The SMILES string of the molecule is C.C.C.C.CCCN(CCC)C(=O)c1cccc(C(=O)N[C@@H](CC(C)C)[C@@H](N)C[C@@H](C)C(=O)NC[C@@H](C)CC)c1. The van der Waals surface area contributed by atoms with Crippen LogP contribution in [-0.4, -0.2) is 54.3 Å². The van der Waals surface area contributed by atoms with E-state index in [1.807, 2.05) is 25.7 Å². The third-order valence-electron chi connectivity index (χ3n) is 6.60. The van der Waals surface area contributed by atoms with Crippen LogP contribution in [0.5, 0.6) is 0 Å². The van der Waals surface area contributed by atoms with Crippen molar-refractivity contribution in [2.24, 2.45) is 23.5 Å². The zero-order valence-electron chi connectivity index (χ0n) is 23.6. The molecule has 1 aromatic rings. The summed E-state index contributed by atoms with van der Waals surface area (Å²) >= 11 is 0. The van der Waals surface area contributed by atoms with E-state index in [4.69, 9.17) is 5.73 Å². The van der Waals surface area contributed by atoms with Crippen LogP contribution in [0.15, 0.2) is 24.3 Å². The van der Waals surface area contributed by atoms with E-state index in [0.29, 0.717) is 55.4 Å². The fourth-order valence-corrected chi connectivity index (χ4v) is 4.20. The Balaban J connectivity index is -0.00000162. The van der Waals surface area contributed by atoms with Crippen molar-refractivity contribution in [2.75, 3.05) is 19.6 Å². The summed E-state index contributed by atoms with van der Waals surface area (Å²) in [5.74, 6) is 0.190. The molecule has 0 aliphatic heterocycles. The molecule has 0 aromatic heterocycles. The van der Waals surface area contributed by atoms with Crippen molar-refractivity contribution in [3.8, 4) is 0 Å². The van der Waals surface area contributed by atoms with E-state index >= 15 is 0 Å². The lowest BCUT2D eigenvalue weighted by Crippen LogP contribution is -2.50. The van der Waals surface area contributed by atoms with Gasteiger partial charge >= 0.3 is 0 Å². The molecule has 236 valence electrons. The van der Waals surface area contributed by atoms with Gasteiger partial charge in [-0.2, -0.15) is 0 Å².